The molecule has 1 spiro atoms. The fraction of sp³-hybridized carbons (Fsp3) is 0.333. The lowest BCUT2D eigenvalue weighted by atomic mass is 9.76. The molecule has 0 saturated carbocycles. The van der Waals surface area contributed by atoms with Crippen LogP contribution in [0.25, 0.3) is 6.08 Å². The molecular formula is C21H22ClNO. The van der Waals surface area contributed by atoms with Gasteiger partial charge >= 0.3 is 0 Å². The van der Waals surface area contributed by atoms with Gasteiger partial charge < -0.3 is 9.64 Å². The van der Waals surface area contributed by atoms with E-state index in [0.29, 0.717) is 0 Å². The van der Waals surface area contributed by atoms with Gasteiger partial charge in [0.2, 0.25) is 5.72 Å². The molecule has 24 heavy (non-hydrogen) atoms. The van der Waals surface area contributed by atoms with Crippen LogP contribution >= 0.6 is 11.6 Å². The van der Waals surface area contributed by atoms with Gasteiger partial charge in [0.15, 0.2) is 0 Å². The lowest BCUT2D eigenvalue weighted by Gasteiger charge is -2.46. The standard InChI is InChI=1S/C21H22ClNO/c1-13-10-14(2)16-8-9-21(24-19(16)11-13)20(3,4)17-12-15(22)6-7-18(17)23(21)5/h6-12H,1-5H3. The molecule has 2 aromatic carbocycles. The molecule has 0 radical (unpaired) electrons. The molecule has 1 atom stereocenters. The van der Waals surface area contributed by atoms with Crippen molar-refractivity contribution in [2.45, 2.75) is 38.8 Å². The van der Waals surface area contributed by atoms with Crippen LogP contribution in [0.1, 0.15) is 36.1 Å². The summed E-state index contributed by atoms with van der Waals surface area (Å²) < 4.78 is 6.69. The van der Waals surface area contributed by atoms with E-state index < -0.39 is 5.72 Å². The number of fused-ring (bicyclic) bond motifs is 2. The van der Waals surface area contributed by atoms with Gasteiger partial charge in [0.25, 0.3) is 0 Å². The number of anilines is 1. The normalized spacial score (nSPS) is 23.2. The fourth-order valence-electron chi connectivity index (χ4n) is 4.24. The van der Waals surface area contributed by atoms with Gasteiger partial charge in [0, 0.05) is 23.3 Å². The Hall–Kier alpha value is -1.93. The molecule has 124 valence electrons. The second-order valence-electron chi connectivity index (χ2n) is 7.47. The summed E-state index contributed by atoms with van der Waals surface area (Å²) in [4.78, 5) is 2.23. The molecule has 0 fully saturated rings. The second kappa shape index (κ2) is 4.80. The first-order chi connectivity index (χ1) is 11.3. The van der Waals surface area contributed by atoms with Crippen molar-refractivity contribution in [2.75, 3.05) is 11.9 Å². The highest BCUT2D eigenvalue weighted by Crippen LogP contribution is 2.54. The molecule has 2 aromatic rings. The van der Waals surface area contributed by atoms with Crippen molar-refractivity contribution in [1.29, 1.82) is 0 Å². The zero-order chi connectivity index (χ0) is 17.3. The van der Waals surface area contributed by atoms with Gasteiger partial charge in [-0.2, -0.15) is 0 Å². The average Bonchev–Trinajstić information content (AvgIpc) is 2.66. The number of rotatable bonds is 0. The minimum atomic E-state index is -0.548. The maximum Gasteiger partial charge on any atom is 0.211 e. The average molecular weight is 340 g/mol. The Morgan fingerprint density at radius 1 is 1.08 bits per heavy atom. The molecule has 2 aliphatic rings. The minimum absolute atomic E-state index is 0.228. The van der Waals surface area contributed by atoms with E-state index in [1.54, 1.807) is 0 Å². The van der Waals surface area contributed by atoms with Crippen LogP contribution in [0.4, 0.5) is 5.69 Å². The van der Waals surface area contributed by atoms with E-state index in [-0.39, 0.29) is 5.41 Å². The molecule has 0 aromatic heterocycles. The molecule has 2 aliphatic heterocycles. The Balaban J connectivity index is 1.91. The molecule has 2 heterocycles. The zero-order valence-corrected chi connectivity index (χ0v) is 15.5. The lowest BCUT2D eigenvalue weighted by Crippen LogP contribution is -2.58. The summed E-state index contributed by atoms with van der Waals surface area (Å²) in [5.74, 6) is 0.953. The zero-order valence-electron chi connectivity index (χ0n) is 14.8. The van der Waals surface area contributed by atoms with Crippen molar-refractivity contribution in [2.24, 2.45) is 0 Å². The monoisotopic (exact) mass is 339 g/mol. The topological polar surface area (TPSA) is 12.5 Å². The van der Waals surface area contributed by atoms with Gasteiger partial charge in [-0.15, -0.1) is 0 Å². The summed E-state index contributed by atoms with van der Waals surface area (Å²) in [6, 6.07) is 10.4. The smallest absolute Gasteiger partial charge is 0.211 e. The van der Waals surface area contributed by atoms with Crippen LogP contribution < -0.4 is 9.64 Å². The first-order valence-corrected chi connectivity index (χ1v) is 8.67. The summed E-state index contributed by atoms with van der Waals surface area (Å²) in [6.07, 6.45) is 4.41. The number of hydrogen-bond donors (Lipinski definition) is 0. The number of aryl methyl sites for hydroxylation is 2. The number of benzene rings is 2. The Morgan fingerprint density at radius 3 is 2.58 bits per heavy atom. The van der Waals surface area contributed by atoms with E-state index in [1.807, 2.05) is 6.07 Å². The number of nitrogens with zero attached hydrogens (tertiary/aromatic N) is 1. The van der Waals surface area contributed by atoms with Gasteiger partial charge in [0.05, 0.1) is 5.41 Å². The van der Waals surface area contributed by atoms with Crippen molar-refractivity contribution < 1.29 is 4.74 Å². The molecule has 2 nitrogen and oxygen atoms in total. The molecule has 0 aliphatic carbocycles. The molecule has 0 amide bonds. The van der Waals surface area contributed by atoms with Gasteiger partial charge in [-0.1, -0.05) is 17.7 Å². The van der Waals surface area contributed by atoms with E-state index in [4.69, 9.17) is 16.3 Å². The molecular weight excluding hydrogens is 318 g/mol. The summed E-state index contributed by atoms with van der Waals surface area (Å²) in [5, 5.41) is 0.763. The third-order valence-electron chi connectivity index (χ3n) is 5.62. The highest BCUT2D eigenvalue weighted by atomic mass is 35.5. The molecule has 1 unspecified atom stereocenters. The molecule has 0 bridgehead atoms. The molecule has 4 rings (SSSR count). The number of likely N-dealkylation sites (N-methyl/N-ethyl adjacent to an activating group) is 1. The highest BCUT2D eigenvalue weighted by Gasteiger charge is 2.57. The largest absolute Gasteiger partial charge is 0.463 e. The van der Waals surface area contributed by atoms with Gasteiger partial charge in [-0.3, -0.25) is 0 Å². The van der Waals surface area contributed by atoms with Crippen molar-refractivity contribution in [3.63, 3.8) is 0 Å². The van der Waals surface area contributed by atoms with Crippen LogP contribution in [0.5, 0.6) is 5.75 Å². The van der Waals surface area contributed by atoms with Crippen LogP contribution in [0.15, 0.2) is 36.4 Å². The predicted molar refractivity (Wildman–Crippen MR) is 101 cm³/mol. The van der Waals surface area contributed by atoms with Crippen LogP contribution in [0, 0.1) is 13.8 Å². The molecule has 0 saturated heterocycles. The second-order valence-corrected chi connectivity index (χ2v) is 7.91. The van der Waals surface area contributed by atoms with Crippen molar-refractivity contribution in [3.8, 4) is 5.75 Å². The molecule has 0 N–H and O–H groups in total. The summed E-state index contributed by atoms with van der Waals surface area (Å²) in [6.45, 7) is 8.70. The summed E-state index contributed by atoms with van der Waals surface area (Å²) >= 11 is 6.27. The fourth-order valence-corrected chi connectivity index (χ4v) is 4.42. The summed E-state index contributed by atoms with van der Waals surface area (Å²) in [7, 11) is 2.10. The van der Waals surface area contributed by atoms with Gasteiger partial charge in [-0.25, -0.2) is 0 Å². The van der Waals surface area contributed by atoms with Crippen LogP contribution in [0.2, 0.25) is 5.02 Å². The lowest BCUT2D eigenvalue weighted by molar-refractivity contribution is 0.0580. The van der Waals surface area contributed by atoms with Crippen molar-refractivity contribution in [3.05, 3.63) is 63.7 Å². The summed E-state index contributed by atoms with van der Waals surface area (Å²) in [5.41, 5.74) is 5.24. The Morgan fingerprint density at radius 2 is 1.83 bits per heavy atom. The maximum atomic E-state index is 6.69. The third-order valence-corrected chi connectivity index (χ3v) is 5.86. The Bertz CT molecular complexity index is 884. The quantitative estimate of drug-likeness (QED) is 0.629. The minimum Gasteiger partial charge on any atom is -0.463 e. The number of ether oxygens (including phenoxy) is 1. The first kappa shape index (κ1) is 15.6. The van der Waals surface area contributed by atoms with Crippen LogP contribution in [-0.2, 0) is 5.41 Å². The van der Waals surface area contributed by atoms with Crippen LogP contribution in [0.3, 0.4) is 0 Å². The first-order valence-electron chi connectivity index (χ1n) is 8.30. The Labute approximate surface area is 148 Å². The van der Waals surface area contributed by atoms with Gasteiger partial charge in [0.1, 0.15) is 5.75 Å². The van der Waals surface area contributed by atoms with E-state index >= 15 is 0 Å². The Kier molecular flexibility index (Phi) is 3.11. The van der Waals surface area contributed by atoms with Crippen molar-refractivity contribution >= 4 is 23.4 Å². The van der Waals surface area contributed by atoms with Crippen molar-refractivity contribution in [1.82, 2.24) is 0 Å². The highest BCUT2D eigenvalue weighted by molar-refractivity contribution is 6.30. The van der Waals surface area contributed by atoms with E-state index in [1.165, 1.54) is 27.9 Å². The van der Waals surface area contributed by atoms with Gasteiger partial charge in [-0.05, 0) is 80.8 Å². The number of hydrogen-bond acceptors (Lipinski definition) is 2. The van der Waals surface area contributed by atoms with E-state index in [2.05, 4.69) is 76.1 Å². The SMILES string of the molecule is Cc1cc(C)c2c(c1)OC1(C=C2)N(C)c2ccc(Cl)cc2C1(C)C. The predicted octanol–water partition coefficient (Wildman–Crippen LogP) is 5.49. The third kappa shape index (κ3) is 1.83. The van der Waals surface area contributed by atoms with E-state index in [0.717, 1.165) is 10.8 Å². The molecule has 3 heteroatoms. The number of halogens is 1. The van der Waals surface area contributed by atoms with E-state index in [9.17, 15) is 0 Å². The van der Waals surface area contributed by atoms with Crippen LogP contribution in [-0.4, -0.2) is 12.8 Å². The maximum absolute atomic E-state index is 6.69.